The number of nitrogens with one attached hydrogen (secondary N) is 4. The highest BCUT2D eigenvalue weighted by molar-refractivity contribution is 6.05. The molecule has 4 heterocycles. The number of hydrogen-bond acceptors (Lipinski definition) is 7. The smallest absolute Gasteiger partial charge is 0.319 e. The largest absolute Gasteiger partial charge is 0.381 e. The molecule has 10 nitrogen and oxygen atoms in total. The first kappa shape index (κ1) is 21.7. The number of H-pyrrole nitrogens is 1. The molecule has 0 spiro atoms. The lowest BCUT2D eigenvalue weighted by Crippen LogP contribution is -2.45. The Balaban J connectivity index is 1.13. The van der Waals surface area contributed by atoms with Crippen LogP contribution in [0.5, 0.6) is 0 Å². The van der Waals surface area contributed by atoms with Gasteiger partial charge in [0.2, 0.25) is 0 Å². The molecular weight excluding hydrogens is 410 g/mol. The third-order valence-corrected chi connectivity index (χ3v) is 7.18. The van der Waals surface area contributed by atoms with Crippen molar-refractivity contribution in [1.82, 2.24) is 25.7 Å². The zero-order valence-corrected chi connectivity index (χ0v) is 18.6. The number of carbonyl (C=O) groups is 1. The van der Waals surface area contributed by atoms with Crippen LogP contribution in [0, 0.1) is 11.8 Å². The van der Waals surface area contributed by atoms with Gasteiger partial charge in [0.15, 0.2) is 0 Å². The molecule has 0 radical (unpaired) electrons. The number of aromatic amines is 1. The van der Waals surface area contributed by atoms with Crippen molar-refractivity contribution < 1.29 is 14.3 Å². The summed E-state index contributed by atoms with van der Waals surface area (Å²) in [5, 5.41) is 16.7. The average Bonchev–Trinajstić information content (AvgIpc) is 3.45. The maximum absolute atomic E-state index is 12.4. The standard InChI is InChI=1S/C22H35N7O3/c30-22(23-12-15-3-7-31-8-4-15)27-19-13-24-28-20(19)21-25-17-2-1-16(11-18(17)26-21)14-29-5-9-32-10-6-29/h13,15-18H,1-12,14H2,(H,24,28)(H,25,26)(H2,23,27,30)/t16-,17?,18?/m0/s1. The van der Waals surface area contributed by atoms with Crippen LogP contribution in [0.3, 0.4) is 0 Å². The van der Waals surface area contributed by atoms with E-state index in [1.807, 2.05) is 0 Å². The molecule has 2 amide bonds. The van der Waals surface area contributed by atoms with Crippen LogP contribution in [0.25, 0.3) is 0 Å². The quantitative estimate of drug-likeness (QED) is 0.523. The van der Waals surface area contributed by atoms with Gasteiger partial charge in [0, 0.05) is 39.4 Å². The number of amides is 2. The number of carbonyl (C=O) groups excluding carboxylic acids is 1. The molecule has 176 valence electrons. The fraction of sp³-hybridized carbons (Fsp3) is 0.773. The van der Waals surface area contributed by atoms with Crippen LogP contribution in [0.4, 0.5) is 10.5 Å². The van der Waals surface area contributed by atoms with Gasteiger partial charge >= 0.3 is 6.03 Å². The maximum atomic E-state index is 12.4. The molecule has 4 N–H and O–H groups in total. The van der Waals surface area contributed by atoms with E-state index in [-0.39, 0.29) is 6.03 Å². The summed E-state index contributed by atoms with van der Waals surface area (Å²) in [6.45, 7) is 7.15. The van der Waals surface area contributed by atoms with Crippen LogP contribution >= 0.6 is 0 Å². The number of rotatable bonds is 6. The van der Waals surface area contributed by atoms with Gasteiger partial charge in [-0.2, -0.15) is 5.10 Å². The molecule has 1 aliphatic carbocycles. The predicted octanol–water partition coefficient (Wildman–Crippen LogP) is 1.18. The monoisotopic (exact) mass is 445 g/mol. The topological polar surface area (TPSA) is 116 Å². The van der Waals surface area contributed by atoms with Gasteiger partial charge in [0.1, 0.15) is 11.5 Å². The first-order chi connectivity index (χ1) is 15.7. The van der Waals surface area contributed by atoms with Gasteiger partial charge < -0.3 is 25.4 Å². The molecule has 1 aromatic heterocycles. The van der Waals surface area contributed by atoms with Gasteiger partial charge in [-0.3, -0.25) is 15.0 Å². The van der Waals surface area contributed by atoms with Gasteiger partial charge in [0.25, 0.3) is 0 Å². The Labute approximate surface area is 188 Å². The number of nitrogens with zero attached hydrogens (tertiary/aromatic N) is 3. The molecular formula is C22H35N7O3. The molecule has 0 aromatic carbocycles. The number of aliphatic imine (C=N–C) groups is 1. The Bertz CT molecular complexity index is 801. The van der Waals surface area contributed by atoms with E-state index < -0.39 is 0 Å². The minimum atomic E-state index is -0.208. The highest BCUT2D eigenvalue weighted by Crippen LogP contribution is 2.31. The number of amidine groups is 1. The first-order valence-corrected chi connectivity index (χ1v) is 12.1. The second-order valence-corrected chi connectivity index (χ2v) is 9.44. The van der Waals surface area contributed by atoms with Gasteiger partial charge in [-0.05, 0) is 43.9 Å². The van der Waals surface area contributed by atoms with E-state index in [0.29, 0.717) is 36.2 Å². The third-order valence-electron chi connectivity index (χ3n) is 7.18. The number of hydrogen-bond donors (Lipinski definition) is 4. The normalized spacial score (nSPS) is 29.1. The van der Waals surface area contributed by atoms with Crippen LogP contribution in [-0.2, 0) is 9.47 Å². The summed E-state index contributed by atoms with van der Waals surface area (Å²) in [6, 6.07) is 0.438. The van der Waals surface area contributed by atoms with Gasteiger partial charge in [-0.15, -0.1) is 0 Å². The molecule has 3 aliphatic heterocycles. The van der Waals surface area contributed by atoms with E-state index in [4.69, 9.17) is 14.5 Å². The van der Waals surface area contributed by atoms with Crippen LogP contribution < -0.4 is 16.0 Å². The summed E-state index contributed by atoms with van der Waals surface area (Å²) < 4.78 is 10.9. The Morgan fingerprint density at radius 1 is 1.09 bits per heavy atom. The van der Waals surface area contributed by atoms with E-state index in [0.717, 1.165) is 83.3 Å². The molecule has 1 saturated carbocycles. The van der Waals surface area contributed by atoms with Crippen molar-refractivity contribution in [3.63, 3.8) is 0 Å². The van der Waals surface area contributed by atoms with Crippen molar-refractivity contribution >= 4 is 17.6 Å². The maximum Gasteiger partial charge on any atom is 0.319 e. The van der Waals surface area contributed by atoms with Crippen molar-refractivity contribution in [3.05, 3.63) is 11.9 Å². The molecule has 2 saturated heterocycles. The highest BCUT2D eigenvalue weighted by Gasteiger charge is 2.37. The molecule has 4 aliphatic rings. The predicted molar refractivity (Wildman–Crippen MR) is 121 cm³/mol. The van der Waals surface area contributed by atoms with E-state index in [1.54, 1.807) is 6.20 Å². The summed E-state index contributed by atoms with van der Waals surface area (Å²) in [6.07, 6.45) is 7.06. The summed E-state index contributed by atoms with van der Waals surface area (Å²) in [5.74, 6) is 1.98. The lowest BCUT2D eigenvalue weighted by molar-refractivity contribution is 0.0266. The minimum Gasteiger partial charge on any atom is -0.381 e. The summed E-state index contributed by atoms with van der Waals surface area (Å²) in [5.41, 5.74) is 1.41. The Morgan fingerprint density at radius 2 is 1.91 bits per heavy atom. The zero-order valence-electron chi connectivity index (χ0n) is 18.6. The molecule has 10 heteroatoms. The Morgan fingerprint density at radius 3 is 2.75 bits per heavy atom. The van der Waals surface area contributed by atoms with Crippen LogP contribution in [-0.4, -0.2) is 91.7 Å². The molecule has 1 aromatic rings. The SMILES string of the molecule is O=C(NCC1CCOCC1)Nc1cn[nH]c1C1=NC2CC[C@H](CN3CCOCC3)CC2N1. The van der Waals surface area contributed by atoms with Crippen molar-refractivity contribution in [3.8, 4) is 0 Å². The number of ether oxygens (including phenoxy) is 2. The van der Waals surface area contributed by atoms with Crippen LogP contribution in [0.15, 0.2) is 11.2 Å². The van der Waals surface area contributed by atoms with E-state index in [2.05, 4.69) is 31.0 Å². The fourth-order valence-electron chi connectivity index (χ4n) is 5.30. The van der Waals surface area contributed by atoms with Crippen LogP contribution in [0.2, 0.25) is 0 Å². The number of aromatic nitrogens is 2. The van der Waals surface area contributed by atoms with Crippen molar-refractivity contribution in [2.75, 3.05) is 57.9 Å². The van der Waals surface area contributed by atoms with Crippen LogP contribution in [0.1, 0.15) is 37.8 Å². The first-order valence-electron chi connectivity index (χ1n) is 12.1. The Hall–Kier alpha value is -2.17. The second-order valence-electron chi connectivity index (χ2n) is 9.44. The van der Waals surface area contributed by atoms with E-state index in [1.165, 1.54) is 6.42 Å². The van der Waals surface area contributed by atoms with E-state index >= 15 is 0 Å². The fourth-order valence-corrected chi connectivity index (χ4v) is 5.30. The highest BCUT2D eigenvalue weighted by atomic mass is 16.5. The van der Waals surface area contributed by atoms with Crippen molar-refractivity contribution in [2.45, 2.75) is 44.2 Å². The number of fused-ring (bicyclic) bond motifs is 1. The number of anilines is 1. The summed E-state index contributed by atoms with van der Waals surface area (Å²) >= 11 is 0. The lowest BCUT2D eigenvalue weighted by Gasteiger charge is -2.35. The van der Waals surface area contributed by atoms with E-state index in [9.17, 15) is 4.79 Å². The minimum absolute atomic E-state index is 0.208. The van der Waals surface area contributed by atoms with Gasteiger partial charge in [0.05, 0.1) is 37.2 Å². The average molecular weight is 446 g/mol. The molecule has 2 unspecified atom stereocenters. The van der Waals surface area contributed by atoms with Gasteiger partial charge in [-0.1, -0.05) is 0 Å². The number of urea groups is 1. The number of morpholine rings is 1. The molecule has 5 rings (SSSR count). The van der Waals surface area contributed by atoms with Crippen molar-refractivity contribution in [1.29, 1.82) is 0 Å². The van der Waals surface area contributed by atoms with Gasteiger partial charge in [-0.25, -0.2) is 4.79 Å². The third kappa shape index (κ3) is 5.24. The molecule has 0 bridgehead atoms. The lowest BCUT2D eigenvalue weighted by atomic mass is 9.83. The summed E-state index contributed by atoms with van der Waals surface area (Å²) in [4.78, 5) is 19.9. The van der Waals surface area contributed by atoms with Crippen molar-refractivity contribution in [2.24, 2.45) is 16.8 Å². The molecule has 3 fully saturated rings. The Kier molecular flexibility index (Phi) is 6.89. The second kappa shape index (κ2) is 10.2. The summed E-state index contributed by atoms with van der Waals surface area (Å²) in [7, 11) is 0. The molecule has 32 heavy (non-hydrogen) atoms. The zero-order chi connectivity index (χ0) is 21.8. The molecule has 3 atom stereocenters.